The Bertz CT molecular complexity index is 1320. The lowest BCUT2D eigenvalue weighted by Gasteiger charge is -2.26. The van der Waals surface area contributed by atoms with Crippen LogP contribution in [0.1, 0.15) is 49.7 Å². The molecule has 2 saturated heterocycles. The van der Waals surface area contributed by atoms with Gasteiger partial charge in [0, 0.05) is 37.6 Å². The van der Waals surface area contributed by atoms with E-state index in [1.165, 1.54) is 32.9 Å². The Kier molecular flexibility index (Phi) is 8.55. The summed E-state index contributed by atoms with van der Waals surface area (Å²) >= 11 is 0. The molecule has 2 aliphatic rings. The molecule has 2 aromatic rings. The summed E-state index contributed by atoms with van der Waals surface area (Å²) in [6.07, 6.45) is 5.18. The minimum absolute atomic E-state index is 0.0868. The monoisotopic (exact) mass is 562 g/mol. The van der Waals surface area contributed by atoms with Gasteiger partial charge in [0.25, 0.3) is 0 Å². The predicted molar refractivity (Wildman–Crippen MR) is 145 cm³/mol. The average molecular weight is 563 g/mol. The number of carbonyl (C=O) groups excluding carboxylic acids is 2. The zero-order valence-corrected chi connectivity index (χ0v) is 23.3. The molecular formula is C26H34N4O6S2. The first-order valence-electron chi connectivity index (χ1n) is 12.8. The highest BCUT2D eigenvalue weighted by Crippen LogP contribution is 2.27. The fraction of sp³-hybridized carbons (Fsp3) is 0.462. The Morgan fingerprint density at radius 2 is 0.947 bits per heavy atom. The number of nitrogens with one attached hydrogen (secondary N) is 2. The predicted octanol–water partition coefficient (Wildman–Crippen LogP) is 3.23. The summed E-state index contributed by atoms with van der Waals surface area (Å²) in [5, 5.41) is 4.90. The van der Waals surface area contributed by atoms with Crippen molar-refractivity contribution in [1.29, 1.82) is 0 Å². The second-order valence-corrected chi connectivity index (χ2v) is 13.6. The summed E-state index contributed by atoms with van der Waals surface area (Å²) in [4.78, 5) is 25.5. The molecule has 2 amide bonds. The van der Waals surface area contributed by atoms with E-state index in [9.17, 15) is 26.4 Å². The van der Waals surface area contributed by atoms with E-state index in [0.717, 1.165) is 38.5 Å². The van der Waals surface area contributed by atoms with Crippen LogP contribution in [0, 0.1) is 13.8 Å². The molecule has 0 unspecified atom stereocenters. The number of hydrogen-bond acceptors (Lipinski definition) is 6. The van der Waals surface area contributed by atoms with Crippen molar-refractivity contribution in [1.82, 2.24) is 8.61 Å². The van der Waals surface area contributed by atoms with Gasteiger partial charge in [-0.15, -0.1) is 0 Å². The molecule has 2 aliphatic heterocycles. The molecule has 38 heavy (non-hydrogen) atoms. The lowest BCUT2D eigenvalue weighted by molar-refractivity contribution is -0.133. The highest BCUT2D eigenvalue weighted by Gasteiger charge is 2.29. The van der Waals surface area contributed by atoms with Crippen molar-refractivity contribution in [3.63, 3.8) is 0 Å². The van der Waals surface area contributed by atoms with E-state index in [2.05, 4.69) is 10.6 Å². The third-order valence-corrected chi connectivity index (χ3v) is 11.0. The van der Waals surface area contributed by atoms with Crippen LogP contribution in [0.5, 0.6) is 0 Å². The molecule has 4 rings (SSSR count). The van der Waals surface area contributed by atoms with Gasteiger partial charge in [-0.25, -0.2) is 16.8 Å². The summed E-state index contributed by atoms with van der Waals surface area (Å²) in [6.45, 7) is 5.17. The SMILES string of the molecule is Cc1ccc(NC(=O)C(=O)Nc2ccc(C)c(S(=O)(=O)N3CCCCC3)c2)cc1S(=O)(=O)N1CCCCC1. The fourth-order valence-corrected chi connectivity index (χ4v) is 8.31. The van der Waals surface area contributed by atoms with Gasteiger partial charge in [-0.05, 0) is 74.9 Å². The van der Waals surface area contributed by atoms with Gasteiger partial charge in [-0.3, -0.25) is 9.59 Å². The maximum atomic E-state index is 13.2. The van der Waals surface area contributed by atoms with E-state index < -0.39 is 31.9 Å². The van der Waals surface area contributed by atoms with E-state index >= 15 is 0 Å². The first-order chi connectivity index (χ1) is 18.0. The average Bonchev–Trinajstić information content (AvgIpc) is 2.91. The minimum atomic E-state index is -3.73. The summed E-state index contributed by atoms with van der Waals surface area (Å²) < 4.78 is 55.5. The lowest BCUT2D eigenvalue weighted by atomic mass is 10.2. The van der Waals surface area contributed by atoms with Crippen molar-refractivity contribution in [2.24, 2.45) is 0 Å². The Morgan fingerprint density at radius 1 is 0.605 bits per heavy atom. The van der Waals surface area contributed by atoms with Crippen molar-refractivity contribution in [2.45, 2.75) is 62.2 Å². The summed E-state index contributed by atoms with van der Waals surface area (Å²) in [5.41, 5.74) is 1.42. The molecular weight excluding hydrogens is 528 g/mol. The number of benzene rings is 2. The smallest absolute Gasteiger partial charge is 0.314 e. The molecule has 0 aliphatic carbocycles. The number of hydrogen-bond donors (Lipinski definition) is 2. The van der Waals surface area contributed by atoms with Gasteiger partial charge in [0.15, 0.2) is 0 Å². The van der Waals surface area contributed by atoms with Crippen LogP contribution in [-0.4, -0.2) is 63.4 Å². The highest BCUT2D eigenvalue weighted by molar-refractivity contribution is 7.89. The van der Waals surface area contributed by atoms with Crippen LogP contribution in [0.4, 0.5) is 11.4 Å². The standard InChI is InChI=1S/C26H34N4O6S2/c1-19-9-11-21(17-23(19)37(33,34)29-13-5-3-6-14-29)27-25(31)26(32)28-22-12-10-20(2)24(18-22)38(35,36)30-15-7-4-8-16-30/h9-12,17-18H,3-8,13-16H2,1-2H3,(H,27,31)(H,28,32). The van der Waals surface area contributed by atoms with Gasteiger partial charge in [-0.1, -0.05) is 25.0 Å². The molecule has 0 saturated carbocycles. The van der Waals surface area contributed by atoms with Gasteiger partial charge < -0.3 is 10.6 Å². The highest BCUT2D eigenvalue weighted by atomic mass is 32.2. The van der Waals surface area contributed by atoms with Crippen molar-refractivity contribution in [3.8, 4) is 0 Å². The molecule has 2 N–H and O–H groups in total. The Hall–Kier alpha value is -2.80. The van der Waals surface area contributed by atoms with Crippen LogP contribution in [-0.2, 0) is 29.6 Å². The van der Waals surface area contributed by atoms with Crippen molar-refractivity contribution >= 4 is 43.2 Å². The van der Waals surface area contributed by atoms with Crippen molar-refractivity contribution < 1.29 is 26.4 Å². The number of aryl methyl sites for hydroxylation is 2. The normalized spacial score (nSPS) is 17.6. The Labute approximate surface area is 224 Å². The number of piperidine rings is 2. The molecule has 12 heteroatoms. The first kappa shape index (κ1) is 28.2. The molecule has 0 spiro atoms. The Morgan fingerprint density at radius 3 is 1.29 bits per heavy atom. The second-order valence-electron chi connectivity index (χ2n) is 9.80. The van der Waals surface area contributed by atoms with Crippen LogP contribution in [0.2, 0.25) is 0 Å². The van der Waals surface area contributed by atoms with Crippen LogP contribution in [0.15, 0.2) is 46.2 Å². The van der Waals surface area contributed by atoms with Crippen LogP contribution >= 0.6 is 0 Å². The zero-order valence-electron chi connectivity index (χ0n) is 21.7. The maximum Gasteiger partial charge on any atom is 0.314 e. The third-order valence-electron chi connectivity index (χ3n) is 6.96. The molecule has 206 valence electrons. The first-order valence-corrected chi connectivity index (χ1v) is 15.7. The molecule has 2 aromatic carbocycles. The van der Waals surface area contributed by atoms with Crippen molar-refractivity contribution in [2.75, 3.05) is 36.8 Å². The van der Waals surface area contributed by atoms with Gasteiger partial charge in [0.05, 0.1) is 9.79 Å². The zero-order chi connectivity index (χ0) is 27.5. The van der Waals surface area contributed by atoms with E-state index in [1.807, 2.05) is 0 Å². The number of nitrogens with zero attached hydrogens (tertiary/aromatic N) is 2. The summed E-state index contributed by atoms with van der Waals surface area (Å²) in [5.74, 6) is -2.01. The quantitative estimate of drug-likeness (QED) is 0.520. The van der Waals surface area contributed by atoms with E-state index in [1.54, 1.807) is 26.0 Å². The lowest BCUT2D eigenvalue weighted by Crippen LogP contribution is -2.36. The molecule has 0 atom stereocenters. The van der Waals surface area contributed by atoms with E-state index in [4.69, 9.17) is 0 Å². The van der Waals surface area contributed by atoms with Crippen molar-refractivity contribution in [3.05, 3.63) is 47.5 Å². The van der Waals surface area contributed by atoms with E-state index in [0.29, 0.717) is 37.3 Å². The third kappa shape index (κ3) is 6.09. The number of anilines is 2. The molecule has 0 bridgehead atoms. The van der Waals surface area contributed by atoms with Crippen LogP contribution < -0.4 is 10.6 Å². The molecule has 10 nitrogen and oxygen atoms in total. The molecule has 0 radical (unpaired) electrons. The van der Waals surface area contributed by atoms with Crippen LogP contribution in [0.3, 0.4) is 0 Å². The largest absolute Gasteiger partial charge is 0.318 e. The number of sulfonamides is 2. The number of rotatable bonds is 6. The van der Waals surface area contributed by atoms with Gasteiger partial charge in [-0.2, -0.15) is 8.61 Å². The number of carbonyl (C=O) groups is 2. The molecule has 0 aromatic heterocycles. The van der Waals surface area contributed by atoms with Crippen LogP contribution in [0.25, 0.3) is 0 Å². The Balaban J connectivity index is 1.48. The maximum absolute atomic E-state index is 13.2. The number of amides is 2. The van der Waals surface area contributed by atoms with E-state index in [-0.39, 0.29) is 21.2 Å². The minimum Gasteiger partial charge on any atom is -0.318 e. The topological polar surface area (TPSA) is 133 Å². The van der Waals surface area contributed by atoms with Gasteiger partial charge in [0.2, 0.25) is 20.0 Å². The summed E-state index contributed by atoms with van der Waals surface area (Å²) in [7, 11) is -7.46. The van der Waals surface area contributed by atoms with Gasteiger partial charge >= 0.3 is 11.8 Å². The molecule has 2 fully saturated rings. The van der Waals surface area contributed by atoms with Gasteiger partial charge in [0.1, 0.15) is 0 Å². The fourth-order valence-electron chi connectivity index (χ4n) is 4.78. The second kappa shape index (κ2) is 11.5. The molecule has 2 heterocycles. The summed E-state index contributed by atoms with van der Waals surface area (Å²) in [6, 6.07) is 8.96.